The summed E-state index contributed by atoms with van der Waals surface area (Å²) in [5.41, 5.74) is 0.964. The lowest BCUT2D eigenvalue weighted by atomic mass is 10.1. The summed E-state index contributed by atoms with van der Waals surface area (Å²) in [5, 5.41) is 3.51. The van der Waals surface area contributed by atoms with Crippen LogP contribution in [-0.4, -0.2) is 84.3 Å². The van der Waals surface area contributed by atoms with E-state index in [2.05, 4.69) is 27.1 Å². The van der Waals surface area contributed by atoms with Crippen molar-refractivity contribution >= 4 is 29.0 Å². The molecule has 0 bridgehead atoms. The van der Waals surface area contributed by atoms with E-state index in [0.29, 0.717) is 34.3 Å². The number of fused-ring (bicyclic) bond motifs is 1. The van der Waals surface area contributed by atoms with Crippen LogP contribution in [0.15, 0.2) is 23.0 Å². The van der Waals surface area contributed by atoms with Crippen molar-refractivity contribution in [1.29, 1.82) is 0 Å². The lowest BCUT2D eigenvalue weighted by Crippen LogP contribution is -2.45. The van der Waals surface area contributed by atoms with Gasteiger partial charge in [-0.15, -0.1) is 0 Å². The second-order valence-corrected chi connectivity index (χ2v) is 8.88. The standard InChI is InChI=1S/C22H31N5O3S/c1-25-9-11-26(12-10-25)8-3-7-23-20(28)16-5-6-18-19(14-16)24-22(31)27(21(18)29)15-17-4-2-13-30-17/h5-6,14,17H,2-4,7-13,15H2,1H3,(H,23,28)(H,24,31). The summed E-state index contributed by atoms with van der Waals surface area (Å²) in [7, 11) is 2.15. The number of aromatic nitrogens is 2. The number of benzene rings is 1. The van der Waals surface area contributed by atoms with Crippen LogP contribution >= 0.6 is 12.2 Å². The normalized spacial score (nSPS) is 20.4. The molecule has 0 radical (unpaired) electrons. The second-order valence-electron chi connectivity index (χ2n) is 8.50. The van der Waals surface area contributed by atoms with Gasteiger partial charge in [0.1, 0.15) is 0 Å². The Bertz CT molecular complexity index is 1040. The Hall–Kier alpha value is -2.07. The van der Waals surface area contributed by atoms with E-state index in [1.54, 1.807) is 22.8 Å². The lowest BCUT2D eigenvalue weighted by Gasteiger charge is -2.32. The summed E-state index contributed by atoms with van der Waals surface area (Å²) in [5.74, 6) is -0.136. The number of hydrogen-bond donors (Lipinski definition) is 2. The Kier molecular flexibility index (Phi) is 7.16. The average Bonchev–Trinajstić information content (AvgIpc) is 3.28. The molecule has 2 N–H and O–H groups in total. The maximum absolute atomic E-state index is 12.9. The number of H-pyrrole nitrogens is 1. The molecule has 9 heteroatoms. The fourth-order valence-corrected chi connectivity index (χ4v) is 4.50. The van der Waals surface area contributed by atoms with Gasteiger partial charge in [-0.3, -0.25) is 14.2 Å². The van der Waals surface area contributed by atoms with Crippen LogP contribution in [-0.2, 0) is 11.3 Å². The van der Waals surface area contributed by atoms with E-state index in [-0.39, 0.29) is 17.6 Å². The third-order valence-electron chi connectivity index (χ3n) is 6.19. The van der Waals surface area contributed by atoms with Crippen LogP contribution in [0.25, 0.3) is 10.9 Å². The van der Waals surface area contributed by atoms with Gasteiger partial charge in [-0.25, -0.2) is 0 Å². The Morgan fingerprint density at radius 2 is 2.10 bits per heavy atom. The van der Waals surface area contributed by atoms with E-state index in [1.165, 1.54) is 0 Å². The van der Waals surface area contributed by atoms with Crippen molar-refractivity contribution in [3.8, 4) is 0 Å². The predicted octanol–water partition coefficient (Wildman–Crippen LogP) is 1.61. The number of piperazine rings is 1. The summed E-state index contributed by atoms with van der Waals surface area (Å²) >= 11 is 5.41. The van der Waals surface area contributed by atoms with E-state index in [1.807, 2.05) is 0 Å². The molecule has 2 aromatic rings. The predicted molar refractivity (Wildman–Crippen MR) is 123 cm³/mol. The Morgan fingerprint density at radius 1 is 1.29 bits per heavy atom. The van der Waals surface area contributed by atoms with Crippen LogP contribution in [0.5, 0.6) is 0 Å². The molecule has 0 saturated carbocycles. The highest BCUT2D eigenvalue weighted by molar-refractivity contribution is 7.71. The van der Waals surface area contributed by atoms with Crippen LogP contribution in [0.2, 0.25) is 0 Å². The van der Waals surface area contributed by atoms with Gasteiger partial charge in [0.05, 0.1) is 23.6 Å². The van der Waals surface area contributed by atoms with Gasteiger partial charge in [0.25, 0.3) is 11.5 Å². The minimum Gasteiger partial charge on any atom is -0.376 e. The zero-order chi connectivity index (χ0) is 21.8. The molecular weight excluding hydrogens is 414 g/mol. The van der Waals surface area contributed by atoms with Gasteiger partial charge in [0.2, 0.25) is 0 Å². The van der Waals surface area contributed by atoms with Crippen LogP contribution < -0.4 is 10.9 Å². The van der Waals surface area contributed by atoms with Crippen molar-refractivity contribution in [2.75, 3.05) is 52.9 Å². The average molecular weight is 446 g/mol. The van der Waals surface area contributed by atoms with Gasteiger partial charge < -0.3 is 24.8 Å². The number of hydrogen-bond acceptors (Lipinski definition) is 6. The number of nitrogens with one attached hydrogen (secondary N) is 2. The molecule has 31 heavy (non-hydrogen) atoms. The van der Waals surface area contributed by atoms with Crippen LogP contribution in [0.1, 0.15) is 29.6 Å². The molecule has 2 aliphatic rings. The first-order valence-corrected chi connectivity index (χ1v) is 11.5. The molecule has 2 saturated heterocycles. The van der Waals surface area contributed by atoms with E-state index in [9.17, 15) is 9.59 Å². The largest absolute Gasteiger partial charge is 0.376 e. The SMILES string of the molecule is CN1CCN(CCCNC(=O)c2ccc3c(=O)n(CC4CCCO4)c(=S)[nH]c3c2)CC1. The summed E-state index contributed by atoms with van der Waals surface area (Å²) < 4.78 is 7.56. The quantitative estimate of drug-likeness (QED) is 0.498. The van der Waals surface area contributed by atoms with Crippen molar-refractivity contribution in [1.82, 2.24) is 24.7 Å². The summed E-state index contributed by atoms with van der Waals surface area (Å²) in [4.78, 5) is 33.4. The first kappa shape index (κ1) is 22.1. The molecule has 1 amide bonds. The summed E-state index contributed by atoms with van der Waals surface area (Å²) in [6.07, 6.45) is 2.89. The molecular formula is C22H31N5O3S. The smallest absolute Gasteiger partial charge is 0.262 e. The fourth-order valence-electron chi connectivity index (χ4n) is 4.23. The number of rotatable bonds is 7. The van der Waals surface area contributed by atoms with E-state index >= 15 is 0 Å². The number of likely N-dealkylation sites (N-methyl/N-ethyl adjacent to an activating group) is 1. The zero-order valence-electron chi connectivity index (χ0n) is 18.1. The highest BCUT2D eigenvalue weighted by atomic mass is 32.1. The number of carbonyl (C=O) groups excluding carboxylic acids is 1. The highest BCUT2D eigenvalue weighted by Gasteiger charge is 2.18. The Labute approximate surface area is 187 Å². The van der Waals surface area contributed by atoms with Crippen molar-refractivity contribution in [2.24, 2.45) is 0 Å². The van der Waals surface area contributed by atoms with Gasteiger partial charge in [-0.05, 0) is 63.3 Å². The Morgan fingerprint density at radius 3 is 2.84 bits per heavy atom. The number of nitrogens with zero attached hydrogens (tertiary/aromatic N) is 3. The monoisotopic (exact) mass is 445 g/mol. The maximum Gasteiger partial charge on any atom is 0.262 e. The lowest BCUT2D eigenvalue weighted by molar-refractivity contribution is 0.0949. The molecule has 2 fully saturated rings. The van der Waals surface area contributed by atoms with Crippen LogP contribution in [0.4, 0.5) is 0 Å². The minimum atomic E-state index is -0.145. The number of ether oxygens (including phenoxy) is 1. The van der Waals surface area contributed by atoms with Crippen LogP contribution in [0.3, 0.4) is 0 Å². The van der Waals surface area contributed by atoms with Gasteiger partial charge in [-0.1, -0.05) is 0 Å². The summed E-state index contributed by atoms with van der Waals surface area (Å²) in [6.45, 7) is 7.17. The first-order chi connectivity index (χ1) is 15.0. The topological polar surface area (TPSA) is 82.6 Å². The minimum absolute atomic E-state index is 0.0288. The Balaban J connectivity index is 1.37. The van der Waals surface area contributed by atoms with Gasteiger partial charge in [0, 0.05) is 44.9 Å². The number of carbonyl (C=O) groups is 1. The molecule has 0 spiro atoms. The zero-order valence-corrected chi connectivity index (χ0v) is 18.9. The molecule has 1 unspecified atom stereocenters. The molecule has 168 valence electrons. The number of aromatic amines is 1. The molecule has 0 aliphatic carbocycles. The van der Waals surface area contributed by atoms with Gasteiger partial charge >= 0.3 is 0 Å². The fraction of sp³-hybridized carbons (Fsp3) is 0.591. The van der Waals surface area contributed by atoms with Crippen molar-refractivity contribution < 1.29 is 9.53 Å². The second kappa shape index (κ2) is 10.0. The third-order valence-corrected chi connectivity index (χ3v) is 6.51. The third kappa shape index (κ3) is 5.41. The van der Waals surface area contributed by atoms with E-state index < -0.39 is 0 Å². The van der Waals surface area contributed by atoms with Gasteiger partial charge in [0.15, 0.2) is 4.77 Å². The maximum atomic E-state index is 12.9. The van der Waals surface area contributed by atoms with E-state index in [4.69, 9.17) is 17.0 Å². The van der Waals surface area contributed by atoms with E-state index in [0.717, 1.165) is 58.6 Å². The van der Waals surface area contributed by atoms with Crippen LogP contribution in [0, 0.1) is 4.77 Å². The molecule has 1 atom stereocenters. The summed E-state index contributed by atoms with van der Waals surface area (Å²) in [6, 6.07) is 5.11. The molecule has 3 heterocycles. The molecule has 4 rings (SSSR count). The highest BCUT2D eigenvalue weighted by Crippen LogP contribution is 2.15. The van der Waals surface area contributed by atoms with Crippen molar-refractivity contribution in [2.45, 2.75) is 31.9 Å². The van der Waals surface area contributed by atoms with Gasteiger partial charge in [-0.2, -0.15) is 0 Å². The van der Waals surface area contributed by atoms with Crippen molar-refractivity contribution in [3.63, 3.8) is 0 Å². The molecule has 1 aromatic heterocycles. The molecule has 1 aromatic carbocycles. The molecule has 8 nitrogen and oxygen atoms in total. The van der Waals surface area contributed by atoms with Crippen molar-refractivity contribution in [3.05, 3.63) is 38.9 Å². The molecule has 2 aliphatic heterocycles. The first-order valence-electron chi connectivity index (χ1n) is 11.1. The number of amides is 1.